The van der Waals surface area contributed by atoms with Crippen LogP contribution in [-0.2, 0) is 15.0 Å². The molecule has 4 nitrogen and oxygen atoms in total. The Kier molecular flexibility index (Phi) is 7.51. The molecule has 41 heavy (non-hydrogen) atoms. The second-order valence-electron chi connectivity index (χ2n) is 10.8. The van der Waals surface area contributed by atoms with Crippen LogP contribution in [0.2, 0.25) is 0 Å². The van der Waals surface area contributed by atoms with Crippen LogP contribution < -0.4 is 9.47 Å². The average molecular weight is 543 g/mol. The molecule has 206 valence electrons. The molecule has 0 saturated heterocycles. The van der Waals surface area contributed by atoms with Crippen LogP contribution in [-0.4, -0.2) is 24.8 Å². The van der Waals surface area contributed by atoms with Gasteiger partial charge < -0.3 is 9.47 Å². The van der Waals surface area contributed by atoms with Crippen LogP contribution in [0, 0.1) is 13.8 Å². The average Bonchev–Trinajstić information content (AvgIpc) is 3.26. The van der Waals surface area contributed by atoms with Crippen molar-refractivity contribution in [3.05, 3.63) is 143 Å². The van der Waals surface area contributed by atoms with E-state index in [4.69, 9.17) is 9.47 Å². The van der Waals surface area contributed by atoms with E-state index in [1.54, 1.807) is 13.8 Å². The molecule has 0 N–H and O–H groups in total. The summed E-state index contributed by atoms with van der Waals surface area (Å²) in [7, 11) is 0. The van der Waals surface area contributed by atoms with E-state index in [0.717, 1.165) is 22.3 Å². The number of fused-ring (bicyclic) bond motifs is 3. The maximum atomic E-state index is 12.1. The van der Waals surface area contributed by atoms with Gasteiger partial charge in [-0.15, -0.1) is 0 Å². The molecule has 0 fully saturated rings. The van der Waals surface area contributed by atoms with E-state index in [2.05, 4.69) is 86.0 Å². The number of carbonyl (C=O) groups is 2. The maximum Gasteiger partial charge on any atom is 0.195 e. The fourth-order valence-corrected chi connectivity index (χ4v) is 5.65. The quantitative estimate of drug-likeness (QED) is 0.170. The molecule has 4 heteroatoms. The van der Waals surface area contributed by atoms with Crippen molar-refractivity contribution in [2.24, 2.45) is 0 Å². The Balaban J connectivity index is 1.67. The second kappa shape index (κ2) is 11.1. The molecular weight excluding hydrogens is 508 g/mol. The van der Waals surface area contributed by atoms with E-state index < -0.39 is 5.41 Å². The van der Waals surface area contributed by atoms with E-state index >= 15 is 0 Å². The van der Waals surface area contributed by atoms with Crippen LogP contribution in [0.3, 0.4) is 0 Å². The summed E-state index contributed by atoms with van der Waals surface area (Å²) >= 11 is 0. The first-order chi connectivity index (χ1) is 19.6. The van der Waals surface area contributed by atoms with Crippen molar-refractivity contribution in [3.63, 3.8) is 0 Å². The normalized spacial score (nSPS) is 12.7. The van der Waals surface area contributed by atoms with E-state index in [-0.39, 0.29) is 24.8 Å². The summed E-state index contributed by atoms with van der Waals surface area (Å²) < 4.78 is 11.8. The zero-order chi connectivity index (χ0) is 29.3. The van der Waals surface area contributed by atoms with Gasteiger partial charge in [-0.05, 0) is 95.5 Å². The van der Waals surface area contributed by atoms with E-state index in [1.165, 1.54) is 22.3 Å². The fraction of sp³-hybridized carbons (Fsp3) is 0.189. The van der Waals surface area contributed by atoms with Crippen molar-refractivity contribution < 1.29 is 19.1 Å². The molecule has 0 saturated carbocycles. The molecular formula is C37H34O4. The Morgan fingerprint density at radius 2 is 1.02 bits per heavy atom. The largest absolute Gasteiger partial charge is 0.485 e. The molecule has 1 aliphatic rings. The third kappa shape index (κ3) is 4.91. The highest BCUT2D eigenvalue weighted by Crippen LogP contribution is 2.56. The van der Waals surface area contributed by atoms with Gasteiger partial charge in [-0.1, -0.05) is 86.0 Å². The number of hydrogen-bond donors (Lipinski definition) is 0. The van der Waals surface area contributed by atoms with Gasteiger partial charge in [-0.3, -0.25) is 9.59 Å². The van der Waals surface area contributed by atoms with Gasteiger partial charge >= 0.3 is 0 Å². The molecule has 0 aromatic heterocycles. The van der Waals surface area contributed by atoms with Crippen LogP contribution in [0.15, 0.2) is 109 Å². The lowest BCUT2D eigenvalue weighted by Gasteiger charge is -2.34. The molecule has 4 aromatic rings. The molecule has 0 aliphatic heterocycles. The molecule has 1 aliphatic carbocycles. The number of hydrogen-bond acceptors (Lipinski definition) is 4. The molecule has 0 bridgehead atoms. The van der Waals surface area contributed by atoms with Crippen LogP contribution >= 0.6 is 0 Å². The monoisotopic (exact) mass is 542 g/mol. The van der Waals surface area contributed by atoms with Gasteiger partial charge in [-0.25, -0.2) is 0 Å². The third-order valence-electron chi connectivity index (χ3n) is 7.84. The van der Waals surface area contributed by atoms with Crippen molar-refractivity contribution >= 4 is 11.6 Å². The predicted molar refractivity (Wildman–Crippen MR) is 164 cm³/mol. The molecule has 4 aromatic carbocycles. The van der Waals surface area contributed by atoms with Crippen LogP contribution in [0.4, 0.5) is 0 Å². The number of ketones is 2. The number of carbonyl (C=O) groups excluding carboxylic acids is 2. The first-order valence-electron chi connectivity index (χ1n) is 13.7. The Labute approximate surface area is 242 Å². The van der Waals surface area contributed by atoms with Gasteiger partial charge in [0.2, 0.25) is 0 Å². The number of aryl methyl sites for hydroxylation is 2. The lowest BCUT2D eigenvalue weighted by atomic mass is 9.67. The van der Waals surface area contributed by atoms with Gasteiger partial charge in [0.05, 0.1) is 5.41 Å². The minimum Gasteiger partial charge on any atom is -0.485 e. The van der Waals surface area contributed by atoms with Crippen LogP contribution in [0.5, 0.6) is 11.5 Å². The zero-order valence-electron chi connectivity index (χ0n) is 24.0. The van der Waals surface area contributed by atoms with E-state index in [0.29, 0.717) is 22.6 Å². The lowest BCUT2D eigenvalue weighted by Crippen LogP contribution is -2.29. The SMILES string of the molecule is C=C(C)C(=O)COc1ccc(C2(c3ccc(OCC(=O)C(=C)C)c(C)c3)c3ccccc3-c3ccccc32)cc1C. The standard InChI is InChI=1S/C37H34O4/c1-23(2)33(38)21-40-35-17-15-27(19-25(35)5)37(28-16-18-36(26(6)20-28)41-22-34(39)24(3)4)31-13-9-7-11-29(31)30-12-8-10-14-32(30)37/h7-20H,1,3,21-22H2,2,4-6H3. The number of Topliss-reactive ketones (excluding diaryl/α,β-unsaturated/α-hetero) is 2. The minimum atomic E-state index is -0.596. The highest BCUT2D eigenvalue weighted by atomic mass is 16.5. The molecule has 0 radical (unpaired) electrons. The van der Waals surface area contributed by atoms with E-state index in [1.807, 2.05) is 26.0 Å². The first-order valence-corrected chi connectivity index (χ1v) is 13.7. The summed E-state index contributed by atoms with van der Waals surface area (Å²) in [5.41, 5.74) is 9.19. The highest BCUT2D eigenvalue weighted by molar-refractivity contribution is 5.95. The van der Waals surface area contributed by atoms with Crippen LogP contribution in [0.1, 0.15) is 47.2 Å². The second-order valence-corrected chi connectivity index (χ2v) is 10.8. The Morgan fingerprint density at radius 3 is 1.39 bits per heavy atom. The fourth-order valence-electron chi connectivity index (χ4n) is 5.65. The molecule has 0 unspecified atom stereocenters. The smallest absolute Gasteiger partial charge is 0.195 e. The van der Waals surface area contributed by atoms with Gasteiger partial charge in [-0.2, -0.15) is 0 Å². The number of benzene rings is 4. The number of ether oxygens (including phenoxy) is 2. The van der Waals surface area contributed by atoms with Crippen LogP contribution in [0.25, 0.3) is 11.1 Å². The third-order valence-corrected chi connectivity index (χ3v) is 7.84. The summed E-state index contributed by atoms with van der Waals surface area (Å²) in [6, 6.07) is 29.5. The summed E-state index contributed by atoms with van der Waals surface area (Å²) in [5.74, 6) is 1.10. The van der Waals surface area contributed by atoms with Gasteiger partial charge in [0, 0.05) is 0 Å². The molecule has 0 amide bonds. The predicted octanol–water partition coefficient (Wildman–Crippen LogP) is 7.71. The summed E-state index contributed by atoms with van der Waals surface area (Å²) in [4.78, 5) is 24.3. The van der Waals surface area contributed by atoms with Crippen molar-refractivity contribution in [2.45, 2.75) is 33.1 Å². The molecule has 5 rings (SSSR count). The Morgan fingerprint density at radius 1 is 0.634 bits per heavy atom. The maximum absolute atomic E-state index is 12.1. The van der Waals surface area contributed by atoms with Gasteiger partial charge in [0.1, 0.15) is 11.5 Å². The van der Waals surface area contributed by atoms with Crippen molar-refractivity contribution in [1.29, 1.82) is 0 Å². The zero-order valence-corrected chi connectivity index (χ0v) is 24.0. The summed E-state index contributed by atoms with van der Waals surface area (Å²) in [6.07, 6.45) is 0. The summed E-state index contributed by atoms with van der Waals surface area (Å²) in [5, 5.41) is 0. The van der Waals surface area contributed by atoms with Gasteiger partial charge in [0.25, 0.3) is 0 Å². The van der Waals surface area contributed by atoms with E-state index in [9.17, 15) is 9.59 Å². The molecule has 0 spiro atoms. The molecule has 0 heterocycles. The summed E-state index contributed by atoms with van der Waals surface area (Å²) in [6.45, 7) is 14.8. The van der Waals surface area contributed by atoms with Crippen molar-refractivity contribution in [1.82, 2.24) is 0 Å². The number of rotatable bonds is 10. The highest BCUT2D eigenvalue weighted by Gasteiger charge is 2.46. The Bertz CT molecular complexity index is 1580. The lowest BCUT2D eigenvalue weighted by molar-refractivity contribution is -0.118. The van der Waals surface area contributed by atoms with Crippen molar-refractivity contribution in [3.8, 4) is 22.6 Å². The Hall–Kier alpha value is -4.70. The first kappa shape index (κ1) is 27.9. The van der Waals surface area contributed by atoms with Crippen molar-refractivity contribution in [2.75, 3.05) is 13.2 Å². The van der Waals surface area contributed by atoms with Gasteiger partial charge in [0.15, 0.2) is 24.8 Å². The topological polar surface area (TPSA) is 52.6 Å². The minimum absolute atomic E-state index is 0.0408. The molecule has 0 atom stereocenters.